The quantitative estimate of drug-likeness (QED) is 0.481. The molecule has 0 aliphatic heterocycles. The smallest absolute Gasteiger partial charge is 0.339 e. The van der Waals surface area contributed by atoms with Gasteiger partial charge in [0.15, 0.2) is 5.75 Å². The van der Waals surface area contributed by atoms with Crippen molar-refractivity contribution in [1.29, 1.82) is 0 Å². The molecule has 3 aromatic rings. The fourth-order valence-corrected chi connectivity index (χ4v) is 3.48. The molecule has 0 aromatic heterocycles. The predicted octanol–water partition coefficient (Wildman–Crippen LogP) is 4.82. The van der Waals surface area contributed by atoms with Crippen molar-refractivity contribution in [3.63, 3.8) is 0 Å². The summed E-state index contributed by atoms with van der Waals surface area (Å²) in [5, 5.41) is 0. The van der Waals surface area contributed by atoms with Gasteiger partial charge < -0.3 is 4.18 Å². The maximum Gasteiger partial charge on any atom is 0.339 e. The number of benzene rings is 3. The van der Waals surface area contributed by atoms with Gasteiger partial charge in [0.1, 0.15) is 4.90 Å². The highest BCUT2D eigenvalue weighted by atomic mass is 32.2. The zero-order chi connectivity index (χ0) is 18.6. The highest BCUT2D eigenvalue weighted by molar-refractivity contribution is 7.87. The first kappa shape index (κ1) is 17.9. The van der Waals surface area contributed by atoms with Gasteiger partial charge in [-0.2, -0.15) is 8.42 Å². The highest BCUT2D eigenvalue weighted by Crippen LogP contribution is 2.24. The van der Waals surface area contributed by atoms with Crippen LogP contribution < -0.4 is 4.18 Å². The summed E-state index contributed by atoms with van der Waals surface area (Å²) < 4.78 is 30.2. The molecule has 5 heteroatoms. The van der Waals surface area contributed by atoms with Gasteiger partial charge in [-0.3, -0.25) is 4.99 Å². The van der Waals surface area contributed by atoms with Crippen LogP contribution in [0.25, 0.3) is 0 Å². The Balaban J connectivity index is 1.90. The molecule has 0 saturated heterocycles. The van der Waals surface area contributed by atoms with Gasteiger partial charge in [-0.15, -0.1) is 0 Å². The molecule has 0 N–H and O–H groups in total. The van der Waals surface area contributed by atoms with E-state index in [1.165, 1.54) is 17.7 Å². The van der Waals surface area contributed by atoms with E-state index < -0.39 is 10.1 Å². The number of aliphatic imine (C=N–C) groups is 1. The molecular formula is C21H19NO3S. The molecule has 3 rings (SSSR count). The van der Waals surface area contributed by atoms with Crippen LogP contribution in [0.15, 0.2) is 82.7 Å². The van der Waals surface area contributed by atoms with Crippen LogP contribution in [-0.4, -0.2) is 14.6 Å². The molecule has 0 unspecified atom stereocenters. The first-order chi connectivity index (χ1) is 12.5. The molecule has 0 heterocycles. The molecule has 0 amide bonds. The number of aryl methyl sites for hydroxylation is 2. The normalized spacial score (nSPS) is 11.6. The molecule has 0 spiro atoms. The molecular weight excluding hydrogens is 346 g/mol. The third kappa shape index (κ3) is 4.18. The minimum Gasteiger partial charge on any atom is -0.378 e. The summed E-state index contributed by atoms with van der Waals surface area (Å²) in [6.45, 7) is 4.01. The monoisotopic (exact) mass is 365 g/mol. The number of para-hydroxylation sites is 1. The van der Waals surface area contributed by atoms with E-state index >= 15 is 0 Å². The van der Waals surface area contributed by atoms with Crippen LogP contribution in [0.5, 0.6) is 5.75 Å². The third-order valence-corrected chi connectivity index (χ3v) is 5.09. The van der Waals surface area contributed by atoms with E-state index in [0.29, 0.717) is 5.56 Å². The second-order valence-electron chi connectivity index (χ2n) is 5.94. The highest BCUT2D eigenvalue weighted by Gasteiger charge is 2.17. The number of hydrogen-bond donors (Lipinski definition) is 0. The summed E-state index contributed by atoms with van der Waals surface area (Å²) >= 11 is 0. The molecule has 3 aromatic carbocycles. The minimum atomic E-state index is -3.89. The fourth-order valence-electron chi connectivity index (χ4n) is 2.51. The molecule has 0 aliphatic carbocycles. The van der Waals surface area contributed by atoms with E-state index in [-0.39, 0.29) is 10.6 Å². The van der Waals surface area contributed by atoms with Crippen LogP contribution in [0.4, 0.5) is 5.69 Å². The van der Waals surface area contributed by atoms with E-state index in [1.807, 2.05) is 32.0 Å². The lowest BCUT2D eigenvalue weighted by Crippen LogP contribution is -2.10. The zero-order valence-corrected chi connectivity index (χ0v) is 15.4. The lowest BCUT2D eigenvalue weighted by atomic mass is 10.1. The van der Waals surface area contributed by atoms with Crippen LogP contribution in [0, 0.1) is 13.8 Å². The Morgan fingerprint density at radius 2 is 1.58 bits per heavy atom. The summed E-state index contributed by atoms with van der Waals surface area (Å²) in [5.74, 6) is 0.241. The SMILES string of the molecule is Cc1ccc(N=Cc2ccccc2OS(=O)(=O)c2ccccc2)c(C)c1. The van der Waals surface area contributed by atoms with Gasteiger partial charge >= 0.3 is 10.1 Å². The number of hydrogen-bond acceptors (Lipinski definition) is 4. The fraction of sp³-hybridized carbons (Fsp3) is 0.0952. The molecule has 0 bridgehead atoms. The number of nitrogens with zero attached hydrogens (tertiary/aromatic N) is 1. The molecule has 0 radical (unpaired) electrons. The lowest BCUT2D eigenvalue weighted by Gasteiger charge is -2.09. The Labute approximate surface area is 153 Å². The van der Waals surface area contributed by atoms with E-state index in [9.17, 15) is 8.42 Å². The molecule has 26 heavy (non-hydrogen) atoms. The van der Waals surface area contributed by atoms with Gasteiger partial charge in [-0.05, 0) is 49.7 Å². The van der Waals surface area contributed by atoms with Crippen molar-refractivity contribution in [2.45, 2.75) is 18.7 Å². The Hall–Kier alpha value is -2.92. The molecule has 0 aliphatic rings. The second kappa shape index (κ2) is 7.54. The Bertz CT molecular complexity index is 1040. The summed E-state index contributed by atoms with van der Waals surface area (Å²) in [5.41, 5.74) is 3.64. The topological polar surface area (TPSA) is 55.7 Å². The molecule has 0 atom stereocenters. The first-order valence-corrected chi connectivity index (χ1v) is 9.56. The van der Waals surface area contributed by atoms with E-state index in [0.717, 1.165) is 11.3 Å². The van der Waals surface area contributed by atoms with Crippen molar-refractivity contribution < 1.29 is 12.6 Å². The Morgan fingerprint density at radius 1 is 0.885 bits per heavy atom. The van der Waals surface area contributed by atoms with Gasteiger partial charge in [0, 0.05) is 11.8 Å². The average Bonchev–Trinajstić information content (AvgIpc) is 2.63. The molecule has 132 valence electrons. The Morgan fingerprint density at radius 3 is 2.31 bits per heavy atom. The number of rotatable bonds is 5. The van der Waals surface area contributed by atoms with Crippen molar-refractivity contribution in [1.82, 2.24) is 0 Å². The summed E-state index contributed by atoms with van der Waals surface area (Å²) in [6.07, 6.45) is 1.62. The van der Waals surface area contributed by atoms with Gasteiger partial charge in [-0.25, -0.2) is 0 Å². The lowest BCUT2D eigenvalue weighted by molar-refractivity contribution is 0.485. The second-order valence-corrected chi connectivity index (χ2v) is 7.48. The third-order valence-electron chi connectivity index (χ3n) is 3.85. The first-order valence-electron chi connectivity index (χ1n) is 8.15. The summed E-state index contributed by atoms with van der Waals surface area (Å²) in [6, 6.07) is 21.0. The largest absolute Gasteiger partial charge is 0.378 e. The minimum absolute atomic E-state index is 0.112. The zero-order valence-electron chi connectivity index (χ0n) is 14.6. The van der Waals surface area contributed by atoms with Crippen molar-refractivity contribution in [3.8, 4) is 5.75 Å². The van der Waals surface area contributed by atoms with Gasteiger partial charge in [0.05, 0.1) is 5.69 Å². The maximum atomic E-state index is 12.5. The Kier molecular flexibility index (Phi) is 5.19. The van der Waals surface area contributed by atoms with Gasteiger partial charge in [0.25, 0.3) is 0 Å². The molecule has 0 fully saturated rings. The van der Waals surface area contributed by atoms with Crippen LogP contribution in [0.3, 0.4) is 0 Å². The van der Waals surface area contributed by atoms with E-state index in [1.54, 1.807) is 42.6 Å². The van der Waals surface area contributed by atoms with Crippen LogP contribution in [0.1, 0.15) is 16.7 Å². The van der Waals surface area contributed by atoms with E-state index in [2.05, 4.69) is 11.1 Å². The van der Waals surface area contributed by atoms with Crippen LogP contribution in [-0.2, 0) is 10.1 Å². The molecule has 0 saturated carbocycles. The van der Waals surface area contributed by atoms with Crippen LogP contribution in [0.2, 0.25) is 0 Å². The van der Waals surface area contributed by atoms with Crippen molar-refractivity contribution in [3.05, 3.63) is 89.5 Å². The summed E-state index contributed by atoms with van der Waals surface area (Å²) in [7, 11) is -3.89. The standard InChI is InChI=1S/C21H19NO3S/c1-16-12-13-20(17(2)14-16)22-15-18-8-6-7-11-21(18)25-26(23,24)19-9-4-3-5-10-19/h3-15H,1-2H3. The predicted molar refractivity (Wildman–Crippen MR) is 104 cm³/mol. The maximum absolute atomic E-state index is 12.5. The average molecular weight is 365 g/mol. The van der Waals surface area contributed by atoms with Crippen molar-refractivity contribution in [2.24, 2.45) is 4.99 Å². The van der Waals surface area contributed by atoms with Gasteiger partial charge in [0.2, 0.25) is 0 Å². The van der Waals surface area contributed by atoms with E-state index in [4.69, 9.17) is 4.18 Å². The van der Waals surface area contributed by atoms with Crippen molar-refractivity contribution >= 4 is 22.0 Å². The van der Waals surface area contributed by atoms with Crippen LogP contribution >= 0.6 is 0 Å². The molecule has 4 nitrogen and oxygen atoms in total. The van der Waals surface area contributed by atoms with Crippen molar-refractivity contribution in [2.75, 3.05) is 0 Å². The van der Waals surface area contributed by atoms with Gasteiger partial charge in [-0.1, -0.05) is 48.0 Å². The summed E-state index contributed by atoms with van der Waals surface area (Å²) in [4.78, 5) is 4.59.